The molecule has 2 amide bonds. The van der Waals surface area contributed by atoms with Gasteiger partial charge in [-0.25, -0.2) is 0 Å². The Hall–Kier alpha value is -1.57. The van der Waals surface area contributed by atoms with E-state index in [0.717, 1.165) is 0 Å². The van der Waals surface area contributed by atoms with E-state index in [9.17, 15) is 9.59 Å². The van der Waals surface area contributed by atoms with Gasteiger partial charge in [0.05, 0.1) is 6.07 Å². The molecule has 0 aromatic rings. The van der Waals surface area contributed by atoms with E-state index in [0.29, 0.717) is 0 Å². The fraction of sp³-hybridized carbons (Fsp3) is 0.667. The summed E-state index contributed by atoms with van der Waals surface area (Å²) in [7, 11) is 0. The fourth-order valence-electron chi connectivity index (χ4n) is 2.35. The van der Waals surface area contributed by atoms with Gasteiger partial charge in [0.25, 0.3) is 0 Å². The Bertz CT molecular complexity index is 373. The van der Waals surface area contributed by atoms with Crippen molar-refractivity contribution in [1.82, 2.24) is 10.6 Å². The number of hydrogen-bond acceptors (Lipinski definition) is 3. The Morgan fingerprint density at radius 1 is 1.43 bits per heavy atom. The van der Waals surface area contributed by atoms with E-state index < -0.39 is 17.0 Å². The van der Waals surface area contributed by atoms with E-state index in [-0.39, 0.29) is 18.2 Å². The van der Waals surface area contributed by atoms with Gasteiger partial charge >= 0.3 is 0 Å². The van der Waals surface area contributed by atoms with Crippen LogP contribution in [-0.2, 0) is 9.59 Å². The number of amides is 2. The summed E-state index contributed by atoms with van der Waals surface area (Å²) >= 11 is 0. The highest BCUT2D eigenvalue weighted by Crippen LogP contribution is 2.48. The number of carbonyl (C=O) groups excluding carboxylic acids is 2. The van der Waals surface area contributed by atoms with Crippen molar-refractivity contribution in [2.75, 3.05) is 0 Å². The predicted molar refractivity (Wildman–Crippen MR) is 46.5 cm³/mol. The largest absolute Gasteiger partial charge is 0.333 e. The third-order valence-corrected chi connectivity index (χ3v) is 3.46. The average Bonchev–Trinajstić information content (AvgIpc) is 2.31. The monoisotopic (exact) mass is 193 g/mol. The van der Waals surface area contributed by atoms with Crippen molar-refractivity contribution in [3.05, 3.63) is 0 Å². The Morgan fingerprint density at radius 2 is 2.07 bits per heavy atom. The van der Waals surface area contributed by atoms with Gasteiger partial charge in [-0.05, 0) is 6.92 Å². The molecule has 0 aliphatic carbocycles. The number of nitrogens with one attached hydrogen (secondary N) is 2. The maximum Gasteiger partial charge on any atom is 0.239 e. The predicted octanol–water partition coefficient (Wildman–Crippen LogP) is -0.502. The first-order chi connectivity index (χ1) is 6.43. The lowest BCUT2D eigenvalue weighted by atomic mass is 9.72. The summed E-state index contributed by atoms with van der Waals surface area (Å²) in [6.45, 7) is 3.53. The summed E-state index contributed by atoms with van der Waals surface area (Å²) in [5, 5.41) is 14.3. The molecule has 0 radical (unpaired) electrons. The van der Waals surface area contributed by atoms with Gasteiger partial charge in [-0.1, -0.05) is 6.92 Å². The summed E-state index contributed by atoms with van der Waals surface area (Å²) in [5.41, 5.74) is -1.39. The maximum absolute atomic E-state index is 11.5. The van der Waals surface area contributed by atoms with E-state index in [1.54, 1.807) is 13.8 Å². The van der Waals surface area contributed by atoms with Crippen LogP contribution >= 0.6 is 0 Å². The number of hydrogen-bond donors (Lipinski definition) is 2. The summed E-state index contributed by atoms with van der Waals surface area (Å²) in [5.74, 6) is -1.15. The van der Waals surface area contributed by atoms with Crippen molar-refractivity contribution in [1.29, 1.82) is 5.26 Å². The van der Waals surface area contributed by atoms with Gasteiger partial charge in [0.15, 0.2) is 0 Å². The highest BCUT2D eigenvalue weighted by molar-refractivity contribution is 5.92. The Labute approximate surface area is 81.5 Å². The number of nitriles is 1. The topological polar surface area (TPSA) is 82.0 Å². The van der Waals surface area contributed by atoms with Crippen LogP contribution in [0.1, 0.15) is 20.3 Å². The zero-order valence-electron chi connectivity index (χ0n) is 8.05. The van der Waals surface area contributed by atoms with E-state index in [1.165, 1.54) is 0 Å². The molecule has 0 unspecified atom stereocenters. The van der Waals surface area contributed by atoms with E-state index in [4.69, 9.17) is 5.26 Å². The third-order valence-electron chi connectivity index (χ3n) is 3.46. The Balaban J connectivity index is 2.49. The van der Waals surface area contributed by atoms with Crippen LogP contribution in [0.3, 0.4) is 0 Å². The molecule has 0 spiro atoms. The molecular formula is C9H11N3O2. The minimum absolute atomic E-state index is 0.116. The molecule has 0 bridgehead atoms. The molecule has 0 aromatic heterocycles. The van der Waals surface area contributed by atoms with E-state index in [1.807, 2.05) is 6.07 Å². The minimum atomic E-state index is -0.762. The van der Waals surface area contributed by atoms with Crippen molar-refractivity contribution in [3.63, 3.8) is 0 Å². The van der Waals surface area contributed by atoms with Crippen LogP contribution < -0.4 is 10.6 Å². The molecule has 2 aliphatic rings. The molecule has 2 aliphatic heterocycles. The molecule has 2 saturated heterocycles. The first-order valence-corrected chi connectivity index (χ1v) is 4.45. The van der Waals surface area contributed by atoms with Crippen LogP contribution in [0.15, 0.2) is 0 Å². The highest BCUT2D eigenvalue weighted by Gasteiger charge is 2.64. The standard InChI is InChI=1S/C9H11N3O2/c1-8-3-6(13)11-9(8,2)12-7(14)5(8)4-10/h5H,3H2,1-2H3,(H,11,13)(H,12,14)/t5-,8+,9+/m0/s1. The van der Waals surface area contributed by atoms with Crippen molar-refractivity contribution in [2.45, 2.75) is 25.9 Å². The van der Waals surface area contributed by atoms with Gasteiger partial charge in [-0.3, -0.25) is 9.59 Å². The molecule has 2 N–H and O–H groups in total. The maximum atomic E-state index is 11.5. The summed E-state index contributed by atoms with van der Waals surface area (Å²) < 4.78 is 0. The van der Waals surface area contributed by atoms with Crippen molar-refractivity contribution >= 4 is 11.8 Å². The summed E-state index contributed by atoms with van der Waals surface area (Å²) in [6.07, 6.45) is 0.223. The quantitative estimate of drug-likeness (QED) is 0.544. The molecule has 3 atom stereocenters. The molecule has 2 rings (SSSR count). The molecule has 74 valence electrons. The zero-order valence-corrected chi connectivity index (χ0v) is 8.05. The zero-order chi connectivity index (χ0) is 10.6. The van der Waals surface area contributed by atoms with Gasteiger partial charge in [-0.15, -0.1) is 0 Å². The molecule has 2 heterocycles. The lowest BCUT2D eigenvalue weighted by molar-refractivity contribution is -0.124. The molecule has 14 heavy (non-hydrogen) atoms. The molecule has 0 aromatic carbocycles. The second-order valence-electron chi connectivity index (χ2n) is 4.32. The second-order valence-corrected chi connectivity index (χ2v) is 4.32. The van der Waals surface area contributed by atoms with Crippen molar-refractivity contribution < 1.29 is 9.59 Å². The summed E-state index contributed by atoms with van der Waals surface area (Å²) in [4.78, 5) is 22.7. The molecule has 5 heteroatoms. The molecule has 5 nitrogen and oxygen atoms in total. The van der Waals surface area contributed by atoms with E-state index >= 15 is 0 Å². The number of carbonyl (C=O) groups is 2. The first-order valence-electron chi connectivity index (χ1n) is 4.45. The lowest BCUT2D eigenvalue weighted by Gasteiger charge is -2.32. The second kappa shape index (κ2) is 2.27. The Kier molecular flexibility index (Phi) is 1.46. The van der Waals surface area contributed by atoms with Crippen LogP contribution in [-0.4, -0.2) is 17.5 Å². The van der Waals surface area contributed by atoms with Gasteiger partial charge in [0.1, 0.15) is 11.6 Å². The number of nitrogens with zero attached hydrogens (tertiary/aromatic N) is 1. The third kappa shape index (κ3) is 0.782. The Morgan fingerprint density at radius 3 is 2.64 bits per heavy atom. The molecule has 0 saturated carbocycles. The van der Waals surface area contributed by atoms with Gasteiger partial charge in [0.2, 0.25) is 11.8 Å². The van der Waals surface area contributed by atoms with E-state index in [2.05, 4.69) is 10.6 Å². The minimum Gasteiger partial charge on any atom is -0.333 e. The number of fused-ring (bicyclic) bond motifs is 1. The van der Waals surface area contributed by atoms with Gasteiger partial charge < -0.3 is 10.6 Å². The number of rotatable bonds is 0. The summed E-state index contributed by atoms with van der Waals surface area (Å²) in [6, 6.07) is 1.97. The van der Waals surface area contributed by atoms with Crippen LogP contribution in [0.5, 0.6) is 0 Å². The molecule has 2 fully saturated rings. The normalized spacial score (nSPS) is 45.4. The van der Waals surface area contributed by atoms with Crippen LogP contribution in [0, 0.1) is 22.7 Å². The van der Waals surface area contributed by atoms with Crippen molar-refractivity contribution in [3.8, 4) is 6.07 Å². The van der Waals surface area contributed by atoms with Gasteiger partial charge in [-0.2, -0.15) is 5.26 Å². The van der Waals surface area contributed by atoms with Crippen LogP contribution in [0.2, 0.25) is 0 Å². The fourth-order valence-corrected chi connectivity index (χ4v) is 2.35. The SMILES string of the molecule is C[C@]12NC(=O)C[C@]1(C)[C@@H](C#N)C(=O)N2. The lowest BCUT2D eigenvalue weighted by Crippen LogP contribution is -2.54. The van der Waals surface area contributed by atoms with Gasteiger partial charge in [0, 0.05) is 11.8 Å². The first kappa shape index (κ1) is 9.00. The van der Waals surface area contributed by atoms with Crippen molar-refractivity contribution in [2.24, 2.45) is 11.3 Å². The molecular weight excluding hydrogens is 182 g/mol. The highest BCUT2D eigenvalue weighted by atomic mass is 16.2. The average molecular weight is 193 g/mol. The smallest absolute Gasteiger partial charge is 0.239 e. The van der Waals surface area contributed by atoms with Crippen LogP contribution in [0.25, 0.3) is 0 Å². The van der Waals surface area contributed by atoms with Crippen LogP contribution in [0.4, 0.5) is 0 Å².